The molecule has 4 aliphatic carbocycles. The highest BCUT2D eigenvalue weighted by atomic mass is 16.4. The Balaban J connectivity index is 1.55. The van der Waals surface area contributed by atoms with Crippen LogP contribution in [0.1, 0.15) is 50.5 Å². The van der Waals surface area contributed by atoms with E-state index >= 15 is 0 Å². The van der Waals surface area contributed by atoms with Crippen LogP contribution in [0.25, 0.3) is 0 Å². The Morgan fingerprint density at radius 2 is 1.81 bits per heavy atom. The average Bonchev–Trinajstić information content (AvgIpc) is 2.45. The van der Waals surface area contributed by atoms with E-state index in [0.717, 1.165) is 25.7 Å². The molecule has 0 heterocycles. The Morgan fingerprint density at radius 3 is 2.43 bits per heavy atom. The maximum atomic E-state index is 11.9. The molecule has 1 aromatic carbocycles. The van der Waals surface area contributed by atoms with Gasteiger partial charge in [0.25, 0.3) is 0 Å². The van der Waals surface area contributed by atoms with Crippen molar-refractivity contribution >= 4 is 5.97 Å². The van der Waals surface area contributed by atoms with Gasteiger partial charge < -0.3 is 5.11 Å². The first-order valence-corrected chi connectivity index (χ1v) is 8.21. The summed E-state index contributed by atoms with van der Waals surface area (Å²) in [6.45, 7) is 0. The summed E-state index contributed by atoms with van der Waals surface area (Å²) in [6.07, 6.45) is 9.96. The number of carboxylic acid groups (broad SMARTS) is 1. The number of aliphatic carboxylic acids is 1. The van der Waals surface area contributed by atoms with Gasteiger partial charge in [-0.3, -0.25) is 4.79 Å². The number of hydrogen-bond acceptors (Lipinski definition) is 1. The van der Waals surface area contributed by atoms with Gasteiger partial charge >= 0.3 is 5.97 Å². The molecule has 1 N–H and O–H groups in total. The zero-order valence-corrected chi connectivity index (χ0v) is 12.4. The van der Waals surface area contributed by atoms with Gasteiger partial charge in [0.2, 0.25) is 0 Å². The Hall–Kier alpha value is -1.31. The minimum atomic E-state index is -0.527. The zero-order chi connectivity index (χ0) is 14.5. The van der Waals surface area contributed by atoms with Gasteiger partial charge in [0, 0.05) is 0 Å². The number of rotatable bonds is 4. The summed E-state index contributed by atoms with van der Waals surface area (Å²) in [5.74, 6) is 0.790. The van der Waals surface area contributed by atoms with E-state index in [1.54, 1.807) is 0 Å². The number of hydrogen-bond donors (Lipinski definition) is 1. The second kappa shape index (κ2) is 4.59. The van der Waals surface area contributed by atoms with Crippen molar-refractivity contribution in [1.29, 1.82) is 0 Å². The Labute approximate surface area is 126 Å². The molecule has 2 heteroatoms. The van der Waals surface area contributed by atoms with Crippen LogP contribution < -0.4 is 0 Å². The van der Waals surface area contributed by atoms with E-state index in [9.17, 15) is 9.90 Å². The predicted octanol–water partition coefficient (Wildman–Crippen LogP) is 4.30. The van der Waals surface area contributed by atoms with E-state index in [2.05, 4.69) is 30.7 Å². The molecule has 4 saturated carbocycles. The van der Waals surface area contributed by atoms with Gasteiger partial charge in [0.05, 0.1) is 5.41 Å². The lowest BCUT2D eigenvalue weighted by Gasteiger charge is -2.60. The van der Waals surface area contributed by atoms with Crippen molar-refractivity contribution in [1.82, 2.24) is 0 Å². The van der Waals surface area contributed by atoms with Gasteiger partial charge in [-0.05, 0) is 74.2 Å². The monoisotopic (exact) mass is 283 g/mol. The second-order valence-electron chi connectivity index (χ2n) is 7.87. The quantitative estimate of drug-likeness (QED) is 0.894. The summed E-state index contributed by atoms with van der Waals surface area (Å²) in [5, 5.41) is 9.77. The van der Waals surface area contributed by atoms with Crippen molar-refractivity contribution in [2.24, 2.45) is 22.7 Å². The van der Waals surface area contributed by atoms with Gasteiger partial charge in [-0.25, -0.2) is 0 Å². The molecular weight excluding hydrogens is 260 g/mol. The highest BCUT2D eigenvalue weighted by Crippen LogP contribution is 2.66. The number of carbonyl (C=O) groups is 1. The molecule has 0 aromatic heterocycles. The first-order valence-electron chi connectivity index (χ1n) is 8.21. The SMILES string of the molecule is O=C(O)C12C[C@@H]3C[C@@H](CC(C[CH]c4ccccc4)(C3)C1)C2. The molecule has 0 saturated heterocycles. The normalized spacial score (nSPS) is 40.4. The van der Waals surface area contributed by atoms with Gasteiger partial charge in [-0.15, -0.1) is 0 Å². The first kappa shape index (κ1) is 13.4. The zero-order valence-electron chi connectivity index (χ0n) is 12.4. The van der Waals surface area contributed by atoms with E-state index in [1.807, 2.05) is 6.07 Å². The molecule has 0 aliphatic heterocycles. The van der Waals surface area contributed by atoms with E-state index < -0.39 is 11.4 Å². The van der Waals surface area contributed by atoms with Gasteiger partial charge in [0.15, 0.2) is 0 Å². The summed E-state index contributed by atoms with van der Waals surface area (Å²) in [4.78, 5) is 11.9. The fourth-order valence-corrected chi connectivity index (χ4v) is 5.86. The molecule has 0 spiro atoms. The van der Waals surface area contributed by atoms with Crippen LogP contribution in [0.15, 0.2) is 30.3 Å². The van der Waals surface area contributed by atoms with Crippen LogP contribution in [0.5, 0.6) is 0 Å². The minimum Gasteiger partial charge on any atom is -0.481 e. The van der Waals surface area contributed by atoms with Gasteiger partial charge in [0.1, 0.15) is 0 Å². The van der Waals surface area contributed by atoms with E-state index in [-0.39, 0.29) is 5.41 Å². The molecule has 1 aromatic rings. The summed E-state index contributed by atoms with van der Waals surface area (Å²) < 4.78 is 0. The van der Waals surface area contributed by atoms with E-state index in [1.165, 1.54) is 24.8 Å². The molecule has 0 amide bonds. The maximum absolute atomic E-state index is 11.9. The largest absolute Gasteiger partial charge is 0.481 e. The van der Waals surface area contributed by atoms with Crippen LogP contribution in [0.2, 0.25) is 0 Å². The highest BCUT2D eigenvalue weighted by molar-refractivity contribution is 5.75. The molecule has 4 aliphatic rings. The summed E-state index contributed by atoms with van der Waals surface area (Å²) >= 11 is 0. The maximum Gasteiger partial charge on any atom is 0.309 e. The van der Waals surface area contributed by atoms with Crippen molar-refractivity contribution in [2.75, 3.05) is 0 Å². The molecular formula is C19H23O2. The lowest BCUT2D eigenvalue weighted by molar-refractivity contribution is -0.174. The van der Waals surface area contributed by atoms with Crippen molar-refractivity contribution in [2.45, 2.75) is 44.9 Å². The summed E-state index contributed by atoms with van der Waals surface area (Å²) in [5.41, 5.74) is 1.14. The van der Waals surface area contributed by atoms with Crippen LogP contribution in [-0.4, -0.2) is 11.1 Å². The molecule has 2 nitrogen and oxygen atoms in total. The Bertz CT molecular complexity index is 534. The number of carboxylic acids is 1. The highest BCUT2D eigenvalue weighted by Gasteiger charge is 2.60. The third kappa shape index (κ3) is 2.20. The smallest absolute Gasteiger partial charge is 0.309 e. The summed E-state index contributed by atoms with van der Waals surface area (Å²) in [7, 11) is 0. The van der Waals surface area contributed by atoms with Crippen LogP contribution in [0.3, 0.4) is 0 Å². The lowest BCUT2D eigenvalue weighted by Crippen LogP contribution is -2.55. The van der Waals surface area contributed by atoms with Crippen LogP contribution in [-0.2, 0) is 4.79 Å². The molecule has 21 heavy (non-hydrogen) atoms. The van der Waals surface area contributed by atoms with E-state index in [0.29, 0.717) is 11.8 Å². The molecule has 111 valence electrons. The first-order chi connectivity index (χ1) is 10.1. The van der Waals surface area contributed by atoms with Crippen LogP contribution in [0, 0.1) is 29.1 Å². The Kier molecular flexibility index (Phi) is 2.92. The molecule has 1 radical (unpaired) electrons. The molecule has 4 atom stereocenters. The van der Waals surface area contributed by atoms with Crippen molar-refractivity contribution in [3.05, 3.63) is 42.3 Å². The molecule has 5 rings (SSSR count). The third-order valence-corrected chi connectivity index (χ3v) is 6.21. The van der Waals surface area contributed by atoms with Crippen molar-refractivity contribution in [3.63, 3.8) is 0 Å². The minimum absolute atomic E-state index is 0.262. The second-order valence-corrected chi connectivity index (χ2v) is 7.87. The fraction of sp³-hybridized carbons (Fsp3) is 0.579. The van der Waals surface area contributed by atoms with Crippen molar-refractivity contribution < 1.29 is 9.90 Å². The molecule has 2 unspecified atom stereocenters. The molecule has 4 fully saturated rings. The van der Waals surface area contributed by atoms with E-state index in [4.69, 9.17) is 0 Å². The fourth-order valence-electron chi connectivity index (χ4n) is 5.86. The number of benzene rings is 1. The van der Waals surface area contributed by atoms with Crippen LogP contribution >= 0.6 is 0 Å². The molecule has 4 bridgehead atoms. The Morgan fingerprint density at radius 1 is 1.14 bits per heavy atom. The van der Waals surface area contributed by atoms with Gasteiger partial charge in [-0.2, -0.15) is 0 Å². The third-order valence-electron chi connectivity index (χ3n) is 6.21. The van der Waals surface area contributed by atoms with Crippen LogP contribution in [0.4, 0.5) is 0 Å². The predicted molar refractivity (Wildman–Crippen MR) is 81.6 cm³/mol. The van der Waals surface area contributed by atoms with Gasteiger partial charge in [-0.1, -0.05) is 30.3 Å². The average molecular weight is 283 g/mol. The van der Waals surface area contributed by atoms with Crippen molar-refractivity contribution in [3.8, 4) is 0 Å². The standard InChI is InChI=1S/C19H23O2/c20-17(21)19-11-15-8-16(12-19)10-18(9-15,13-19)7-6-14-4-2-1-3-5-14/h1-6,15-16H,7-13H2,(H,20,21)/t15-,16+,18?,19?. The lowest BCUT2D eigenvalue weighted by atomic mass is 9.43. The summed E-state index contributed by atoms with van der Waals surface area (Å²) in [6, 6.07) is 10.5. The topological polar surface area (TPSA) is 37.3 Å².